The van der Waals surface area contributed by atoms with Crippen LogP contribution in [0.2, 0.25) is 0 Å². The molecule has 1 N–H and O–H groups in total. The van der Waals surface area contributed by atoms with Crippen LogP contribution in [0.3, 0.4) is 0 Å². The van der Waals surface area contributed by atoms with E-state index in [1.807, 2.05) is 26.1 Å². The van der Waals surface area contributed by atoms with Crippen molar-refractivity contribution >= 4 is 6.16 Å². The van der Waals surface area contributed by atoms with Crippen molar-refractivity contribution in [1.29, 1.82) is 0 Å². The Bertz CT molecular complexity index is 216. The number of carbonyl (C=O) groups is 1. The van der Waals surface area contributed by atoms with Crippen LogP contribution in [-0.4, -0.2) is 32.5 Å². The lowest BCUT2D eigenvalue weighted by Gasteiger charge is -2.12. The second kappa shape index (κ2) is 9.21. The third kappa shape index (κ3) is 7.29. The minimum absolute atomic E-state index is 0.244. The van der Waals surface area contributed by atoms with Crippen molar-refractivity contribution in [2.24, 2.45) is 0 Å². The van der Waals surface area contributed by atoms with Crippen LogP contribution in [0.4, 0.5) is 4.79 Å². The Morgan fingerprint density at radius 3 is 2.69 bits per heavy atom. The molecular formula is C12H23NO3. The molecule has 0 fully saturated rings. The molecule has 0 aromatic heterocycles. The zero-order chi connectivity index (χ0) is 12.4. The Kier molecular flexibility index (Phi) is 8.62. The highest BCUT2D eigenvalue weighted by Crippen LogP contribution is 2.03. The summed E-state index contributed by atoms with van der Waals surface area (Å²) in [7, 11) is 3.26. The SMILES string of the molecule is CCCC(C/C=C/C(C)OC(=O)OC)NC. The summed E-state index contributed by atoms with van der Waals surface area (Å²) in [6.07, 6.45) is 6.27. The number of rotatable bonds is 7. The molecule has 0 saturated carbocycles. The molecule has 0 aliphatic heterocycles. The third-order valence-electron chi connectivity index (χ3n) is 2.32. The Morgan fingerprint density at radius 2 is 2.19 bits per heavy atom. The summed E-state index contributed by atoms with van der Waals surface area (Å²) in [4.78, 5) is 10.8. The fraction of sp³-hybridized carbons (Fsp3) is 0.750. The fourth-order valence-electron chi connectivity index (χ4n) is 1.40. The van der Waals surface area contributed by atoms with Gasteiger partial charge in [-0.15, -0.1) is 0 Å². The molecule has 2 atom stereocenters. The largest absolute Gasteiger partial charge is 0.508 e. The van der Waals surface area contributed by atoms with E-state index in [9.17, 15) is 4.79 Å². The first-order valence-electron chi connectivity index (χ1n) is 5.72. The van der Waals surface area contributed by atoms with Gasteiger partial charge in [-0.1, -0.05) is 19.4 Å². The number of hydrogen-bond acceptors (Lipinski definition) is 4. The number of carbonyl (C=O) groups excluding carboxylic acids is 1. The zero-order valence-corrected chi connectivity index (χ0v) is 10.7. The van der Waals surface area contributed by atoms with Gasteiger partial charge in [0.1, 0.15) is 6.10 Å². The van der Waals surface area contributed by atoms with Gasteiger partial charge in [0.25, 0.3) is 0 Å². The second-order valence-electron chi connectivity index (χ2n) is 3.72. The summed E-state index contributed by atoms with van der Waals surface area (Å²) in [5, 5.41) is 3.24. The maximum absolute atomic E-state index is 10.8. The average molecular weight is 229 g/mol. The van der Waals surface area contributed by atoms with E-state index in [4.69, 9.17) is 4.74 Å². The van der Waals surface area contributed by atoms with E-state index < -0.39 is 6.16 Å². The van der Waals surface area contributed by atoms with E-state index in [1.54, 1.807) is 0 Å². The standard InChI is InChI=1S/C12H23NO3/c1-5-7-11(13-3)9-6-8-10(2)16-12(14)15-4/h6,8,10-11,13H,5,7,9H2,1-4H3/b8-6+. The van der Waals surface area contributed by atoms with Gasteiger partial charge in [0.15, 0.2) is 0 Å². The third-order valence-corrected chi connectivity index (χ3v) is 2.32. The van der Waals surface area contributed by atoms with E-state index in [1.165, 1.54) is 7.11 Å². The molecule has 0 bridgehead atoms. The Hall–Kier alpha value is -1.03. The summed E-state index contributed by atoms with van der Waals surface area (Å²) >= 11 is 0. The van der Waals surface area contributed by atoms with Crippen LogP contribution in [-0.2, 0) is 9.47 Å². The normalized spacial score (nSPS) is 14.8. The molecule has 16 heavy (non-hydrogen) atoms. The average Bonchev–Trinajstić information content (AvgIpc) is 2.27. The van der Waals surface area contributed by atoms with Crippen LogP contribution in [0.25, 0.3) is 0 Å². The number of nitrogens with one attached hydrogen (secondary N) is 1. The summed E-state index contributed by atoms with van der Waals surface area (Å²) in [5.74, 6) is 0. The summed E-state index contributed by atoms with van der Waals surface area (Å²) in [6, 6.07) is 0.492. The molecule has 0 saturated heterocycles. The lowest BCUT2D eigenvalue weighted by atomic mass is 10.1. The van der Waals surface area contributed by atoms with Crippen molar-refractivity contribution in [1.82, 2.24) is 5.32 Å². The number of ether oxygens (including phenoxy) is 2. The monoisotopic (exact) mass is 229 g/mol. The highest BCUT2D eigenvalue weighted by atomic mass is 16.7. The van der Waals surface area contributed by atoms with Gasteiger partial charge in [-0.3, -0.25) is 0 Å². The lowest BCUT2D eigenvalue weighted by Crippen LogP contribution is -2.24. The molecule has 0 heterocycles. The molecule has 0 radical (unpaired) electrons. The lowest BCUT2D eigenvalue weighted by molar-refractivity contribution is 0.0578. The maximum atomic E-state index is 10.8. The van der Waals surface area contributed by atoms with Crippen LogP contribution in [0, 0.1) is 0 Å². The van der Waals surface area contributed by atoms with Gasteiger partial charge in [0, 0.05) is 6.04 Å². The van der Waals surface area contributed by atoms with E-state index >= 15 is 0 Å². The van der Waals surface area contributed by atoms with Crippen LogP contribution in [0.5, 0.6) is 0 Å². The van der Waals surface area contributed by atoms with Crippen LogP contribution in [0.1, 0.15) is 33.1 Å². The van der Waals surface area contributed by atoms with Gasteiger partial charge in [-0.2, -0.15) is 0 Å². The van der Waals surface area contributed by atoms with Gasteiger partial charge in [-0.25, -0.2) is 4.79 Å². The van der Waals surface area contributed by atoms with Crippen LogP contribution in [0.15, 0.2) is 12.2 Å². The Morgan fingerprint density at radius 1 is 1.50 bits per heavy atom. The quantitative estimate of drug-likeness (QED) is 0.538. The summed E-state index contributed by atoms with van der Waals surface area (Å²) in [6.45, 7) is 3.97. The molecule has 94 valence electrons. The summed E-state index contributed by atoms with van der Waals surface area (Å²) in [5.41, 5.74) is 0. The minimum Gasteiger partial charge on any atom is -0.438 e. The zero-order valence-electron chi connectivity index (χ0n) is 10.7. The molecule has 4 nitrogen and oxygen atoms in total. The molecule has 0 aliphatic carbocycles. The molecule has 0 rings (SSSR count). The molecule has 4 heteroatoms. The predicted molar refractivity (Wildman–Crippen MR) is 64.5 cm³/mol. The van der Waals surface area contributed by atoms with Crippen molar-refractivity contribution in [3.05, 3.63) is 12.2 Å². The van der Waals surface area contributed by atoms with Crippen LogP contribution < -0.4 is 5.32 Å². The van der Waals surface area contributed by atoms with E-state index in [0.717, 1.165) is 19.3 Å². The molecule has 0 aliphatic rings. The topological polar surface area (TPSA) is 47.6 Å². The molecule has 0 aromatic rings. The molecule has 0 aromatic carbocycles. The number of hydrogen-bond donors (Lipinski definition) is 1. The first-order chi connectivity index (χ1) is 7.63. The van der Waals surface area contributed by atoms with Crippen molar-refractivity contribution < 1.29 is 14.3 Å². The molecular weight excluding hydrogens is 206 g/mol. The second-order valence-corrected chi connectivity index (χ2v) is 3.72. The highest BCUT2D eigenvalue weighted by molar-refractivity contribution is 5.59. The summed E-state index contributed by atoms with van der Waals surface area (Å²) < 4.78 is 9.31. The van der Waals surface area contributed by atoms with Gasteiger partial charge in [0.05, 0.1) is 7.11 Å². The first-order valence-corrected chi connectivity index (χ1v) is 5.72. The van der Waals surface area contributed by atoms with Crippen molar-refractivity contribution in [3.63, 3.8) is 0 Å². The highest BCUT2D eigenvalue weighted by Gasteiger charge is 2.06. The van der Waals surface area contributed by atoms with Crippen molar-refractivity contribution in [2.75, 3.05) is 14.2 Å². The van der Waals surface area contributed by atoms with Gasteiger partial charge in [0.2, 0.25) is 0 Å². The molecule has 2 unspecified atom stereocenters. The first kappa shape index (κ1) is 15.0. The van der Waals surface area contributed by atoms with Crippen molar-refractivity contribution in [2.45, 2.75) is 45.3 Å². The van der Waals surface area contributed by atoms with Gasteiger partial charge < -0.3 is 14.8 Å². The van der Waals surface area contributed by atoms with Gasteiger partial charge in [-0.05, 0) is 32.9 Å². The van der Waals surface area contributed by atoms with E-state index in [-0.39, 0.29) is 6.10 Å². The molecule has 0 spiro atoms. The van der Waals surface area contributed by atoms with E-state index in [2.05, 4.69) is 17.0 Å². The maximum Gasteiger partial charge on any atom is 0.508 e. The fourth-order valence-corrected chi connectivity index (χ4v) is 1.40. The Labute approximate surface area is 98.0 Å². The minimum atomic E-state index is -0.643. The predicted octanol–water partition coefficient (Wildman–Crippen LogP) is 2.49. The Balaban J connectivity index is 3.84. The van der Waals surface area contributed by atoms with E-state index in [0.29, 0.717) is 6.04 Å². The molecule has 0 amide bonds. The smallest absolute Gasteiger partial charge is 0.438 e. The van der Waals surface area contributed by atoms with Crippen molar-refractivity contribution in [3.8, 4) is 0 Å². The van der Waals surface area contributed by atoms with Crippen LogP contribution >= 0.6 is 0 Å². The van der Waals surface area contributed by atoms with Gasteiger partial charge >= 0.3 is 6.16 Å². The number of methoxy groups -OCH3 is 1.